The van der Waals surface area contributed by atoms with Crippen LogP contribution in [0.2, 0.25) is 0 Å². The minimum absolute atomic E-state index is 0.655. The Balaban J connectivity index is 1.76. The Morgan fingerprint density at radius 3 is 3.17 bits per heavy atom. The van der Waals surface area contributed by atoms with Crippen LogP contribution in [0.5, 0.6) is 0 Å². The van der Waals surface area contributed by atoms with E-state index in [1.807, 2.05) is 17.9 Å². The Hall–Kier alpha value is -0.910. The highest BCUT2D eigenvalue weighted by Gasteiger charge is 2.24. The smallest absolute Gasteiger partial charge is 0.0587 e. The van der Waals surface area contributed by atoms with Crippen LogP contribution in [0.25, 0.3) is 0 Å². The van der Waals surface area contributed by atoms with Crippen LogP contribution in [0, 0.1) is 0 Å². The third-order valence-electron chi connectivity index (χ3n) is 3.51. The van der Waals surface area contributed by atoms with E-state index in [0.717, 1.165) is 26.2 Å². The van der Waals surface area contributed by atoms with Crippen LogP contribution in [-0.4, -0.2) is 54.1 Å². The maximum absolute atomic E-state index is 5.04. The standard InChI is InChI=1S/C13H24N4O/c1-16-10-12(8-15-16)11-17-6-3-4-13(17)9-14-5-7-18-2/h8,10,13-14H,3-7,9,11H2,1-2H3. The molecule has 1 N–H and O–H groups in total. The molecule has 0 spiro atoms. The van der Waals surface area contributed by atoms with Crippen LogP contribution < -0.4 is 5.32 Å². The monoisotopic (exact) mass is 252 g/mol. The molecule has 5 heteroatoms. The maximum atomic E-state index is 5.04. The number of rotatable bonds is 7. The summed E-state index contributed by atoms with van der Waals surface area (Å²) in [6, 6.07) is 0.655. The predicted octanol–water partition coefficient (Wildman–Crippen LogP) is 0.620. The van der Waals surface area contributed by atoms with Gasteiger partial charge in [-0.25, -0.2) is 0 Å². The molecule has 0 aliphatic carbocycles. The summed E-state index contributed by atoms with van der Waals surface area (Å²) in [5.41, 5.74) is 1.31. The quantitative estimate of drug-likeness (QED) is 0.723. The fourth-order valence-electron chi connectivity index (χ4n) is 2.57. The molecule has 2 rings (SSSR count). The van der Waals surface area contributed by atoms with E-state index in [9.17, 15) is 0 Å². The minimum atomic E-state index is 0.655. The summed E-state index contributed by atoms with van der Waals surface area (Å²) < 4.78 is 6.92. The number of hydrogen-bond acceptors (Lipinski definition) is 4. The summed E-state index contributed by atoms with van der Waals surface area (Å²) in [6.45, 7) is 5.00. The molecule has 0 aromatic carbocycles. The van der Waals surface area contributed by atoms with Crippen molar-refractivity contribution in [3.8, 4) is 0 Å². The molecule has 1 aliphatic heterocycles. The van der Waals surface area contributed by atoms with Crippen molar-refractivity contribution in [2.24, 2.45) is 7.05 Å². The molecule has 2 heterocycles. The van der Waals surface area contributed by atoms with Gasteiger partial charge in [-0.05, 0) is 19.4 Å². The second-order valence-corrected chi connectivity index (χ2v) is 4.99. The summed E-state index contributed by atoms with van der Waals surface area (Å²) in [6.07, 6.45) is 6.67. The van der Waals surface area contributed by atoms with Gasteiger partial charge in [0.2, 0.25) is 0 Å². The molecule has 1 atom stereocenters. The van der Waals surface area contributed by atoms with Crippen LogP contribution in [0.3, 0.4) is 0 Å². The zero-order valence-corrected chi connectivity index (χ0v) is 11.4. The van der Waals surface area contributed by atoms with Crippen LogP contribution in [-0.2, 0) is 18.3 Å². The molecule has 1 aliphatic rings. The highest BCUT2D eigenvalue weighted by molar-refractivity contribution is 5.04. The number of nitrogens with one attached hydrogen (secondary N) is 1. The summed E-state index contributed by atoms with van der Waals surface area (Å²) in [4.78, 5) is 2.55. The number of hydrogen-bond donors (Lipinski definition) is 1. The van der Waals surface area contributed by atoms with Gasteiger partial charge in [-0.2, -0.15) is 5.10 Å². The van der Waals surface area contributed by atoms with E-state index in [-0.39, 0.29) is 0 Å². The average molecular weight is 252 g/mol. The van der Waals surface area contributed by atoms with Crippen molar-refractivity contribution in [1.82, 2.24) is 20.0 Å². The van der Waals surface area contributed by atoms with Crippen molar-refractivity contribution in [3.05, 3.63) is 18.0 Å². The SMILES string of the molecule is COCCNCC1CCCN1Cc1cnn(C)c1. The molecule has 1 saturated heterocycles. The van der Waals surface area contributed by atoms with Crippen molar-refractivity contribution in [3.63, 3.8) is 0 Å². The Labute approximate surface area is 109 Å². The number of aryl methyl sites for hydroxylation is 1. The van der Waals surface area contributed by atoms with E-state index >= 15 is 0 Å². The maximum Gasteiger partial charge on any atom is 0.0587 e. The first kappa shape index (κ1) is 13.5. The van der Waals surface area contributed by atoms with E-state index in [0.29, 0.717) is 6.04 Å². The Kier molecular flexibility index (Phi) is 5.16. The van der Waals surface area contributed by atoms with Crippen LogP contribution in [0.4, 0.5) is 0 Å². The van der Waals surface area contributed by atoms with Gasteiger partial charge in [0.05, 0.1) is 12.8 Å². The lowest BCUT2D eigenvalue weighted by Gasteiger charge is -2.24. The van der Waals surface area contributed by atoms with Gasteiger partial charge in [0.1, 0.15) is 0 Å². The van der Waals surface area contributed by atoms with Crippen molar-refractivity contribution < 1.29 is 4.74 Å². The van der Waals surface area contributed by atoms with Crippen LogP contribution in [0.15, 0.2) is 12.4 Å². The van der Waals surface area contributed by atoms with Gasteiger partial charge in [0.25, 0.3) is 0 Å². The lowest BCUT2D eigenvalue weighted by Crippen LogP contribution is -2.38. The third kappa shape index (κ3) is 3.80. The molecular formula is C13H24N4O. The van der Waals surface area contributed by atoms with E-state index in [1.165, 1.54) is 24.9 Å². The second-order valence-electron chi connectivity index (χ2n) is 4.99. The molecular weight excluding hydrogens is 228 g/mol. The fraction of sp³-hybridized carbons (Fsp3) is 0.769. The van der Waals surface area contributed by atoms with Gasteiger partial charge in [0, 0.05) is 51.6 Å². The Morgan fingerprint density at radius 1 is 1.56 bits per heavy atom. The largest absolute Gasteiger partial charge is 0.383 e. The lowest BCUT2D eigenvalue weighted by molar-refractivity contribution is 0.191. The number of methoxy groups -OCH3 is 1. The number of ether oxygens (including phenoxy) is 1. The van der Waals surface area contributed by atoms with E-state index in [1.54, 1.807) is 7.11 Å². The van der Waals surface area contributed by atoms with Gasteiger partial charge in [0.15, 0.2) is 0 Å². The molecule has 1 aromatic rings. The summed E-state index contributed by atoms with van der Waals surface area (Å²) in [7, 11) is 3.71. The molecule has 0 amide bonds. The molecule has 102 valence electrons. The Morgan fingerprint density at radius 2 is 2.44 bits per heavy atom. The average Bonchev–Trinajstić information content (AvgIpc) is 2.95. The van der Waals surface area contributed by atoms with Gasteiger partial charge in [-0.3, -0.25) is 9.58 Å². The van der Waals surface area contributed by atoms with Crippen molar-refractivity contribution in [2.45, 2.75) is 25.4 Å². The highest BCUT2D eigenvalue weighted by Crippen LogP contribution is 2.19. The molecule has 5 nitrogen and oxygen atoms in total. The molecule has 1 unspecified atom stereocenters. The van der Waals surface area contributed by atoms with Crippen molar-refractivity contribution >= 4 is 0 Å². The fourth-order valence-corrected chi connectivity index (χ4v) is 2.57. The summed E-state index contributed by atoms with van der Waals surface area (Å²) in [5.74, 6) is 0. The zero-order chi connectivity index (χ0) is 12.8. The third-order valence-corrected chi connectivity index (χ3v) is 3.51. The van der Waals surface area contributed by atoms with E-state index in [2.05, 4.69) is 21.5 Å². The highest BCUT2D eigenvalue weighted by atomic mass is 16.5. The first-order chi connectivity index (χ1) is 8.79. The minimum Gasteiger partial charge on any atom is -0.383 e. The van der Waals surface area contributed by atoms with Gasteiger partial charge < -0.3 is 10.1 Å². The van der Waals surface area contributed by atoms with Crippen LogP contribution >= 0.6 is 0 Å². The molecule has 0 radical (unpaired) electrons. The summed E-state index contributed by atoms with van der Waals surface area (Å²) >= 11 is 0. The van der Waals surface area contributed by atoms with E-state index < -0.39 is 0 Å². The van der Waals surface area contributed by atoms with Crippen molar-refractivity contribution in [1.29, 1.82) is 0 Å². The van der Waals surface area contributed by atoms with Crippen LogP contribution in [0.1, 0.15) is 18.4 Å². The van der Waals surface area contributed by atoms with Gasteiger partial charge in [-0.15, -0.1) is 0 Å². The lowest BCUT2D eigenvalue weighted by atomic mass is 10.2. The number of aromatic nitrogens is 2. The topological polar surface area (TPSA) is 42.3 Å². The zero-order valence-electron chi connectivity index (χ0n) is 11.4. The predicted molar refractivity (Wildman–Crippen MR) is 71.4 cm³/mol. The molecule has 18 heavy (non-hydrogen) atoms. The van der Waals surface area contributed by atoms with E-state index in [4.69, 9.17) is 4.74 Å². The first-order valence-corrected chi connectivity index (χ1v) is 6.71. The normalized spacial score (nSPS) is 20.7. The molecule has 1 aromatic heterocycles. The first-order valence-electron chi connectivity index (χ1n) is 6.71. The second kappa shape index (κ2) is 6.87. The molecule has 0 bridgehead atoms. The number of likely N-dealkylation sites (tertiary alicyclic amines) is 1. The van der Waals surface area contributed by atoms with Gasteiger partial charge >= 0.3 is 0 Å². The molecule has 1 fully saturated rings. The van der Waals surface area contributed by atoms with Gasteiger partial charge in [-0.1, -0.05) is 0 Å². The van der Waals surface area contributed by atoms with Crippen molar-refractivity contribution in [2.75, 3.05) is 33.4 Å². The molecule has 0 saturated carbocycles. The summed E-state index contributed by atoms with van der Waals surface area (Å²) in [5, 5.41) is 7.69. The Bertz CT molecular complexity index is 353. The number of nitrogens with zero attached hydrogens (tertiary/aromatic N) is 3.